The van der Waals surface area contributed by atoms with Gasteiger partial charge in [-0.25, -0.2) is 0 Å². The van der Waals surface area contributed by atoms with E-state index in [1.54, 1.807) is 0 Å². The number of carbonyl (C=O) groups excluding carboxylic acids is 1. The fraction of sp³-hybridized carbons (Fsp3) is 0.250. The molecular formula is C12H12O2S. The van der Waals surface area contributed by atoms with Gasteiger partial charge in [0.15, 0.2) is 0 Å². The average Bonchev–Trinajstić information content (AvgIpc) is 2.28. The Hall–Kier alpha value is -1.40. The van der Waals surface area contributed by atoms with E-state index in [-0.39, 0.29) is 12.4 Å². The number of benzene rings is 1. The highest BCUT2D eigenvalue weighted by Gasteiger charge is 2.05. The zero-order valence-corrected chi connectivity index (χ0v) is 9.38. The van der Waals surface area contributed by atoms with Crippen molar-refractivity contribution in [3.8, 4) is 11.8 Å². The molecule has 0 saturated heterocycles. The number of carbonyl (C=O) groups is 1. The first-order chi connectivity index (χ1) is 7.27. The molecule has 0 fully saturated rings. The van der Waals surface area contributed by atoms with E-state index in [0.717, 1.165) is 11.1 Å². The van der Waals surface area contributed by atoms with E-state index in [1.807, 2.05) is 24.3 Å². The third kappa shape index (κ3) is 3.69. The molecule has 3 heteroatoms. The van der Waals surface area contributed by atoms with Crippen LogP contribution in [0.15, 0.2) is 24.3 Å². The summed E-state index contributed by atoms with van der Waals surface area (Å²) in [4.78, 5) is 11.1. The van der Waals surface area contributed by atoms with Crippen LogP contribution in [0.1, 0.15) is 11.1 Å². The van der Waals surface area contributed by atoms with Gasteiger partial charge in [-0.2, -0.15) is 12.6 Å². The van der Waals surface area contributed by atoms with E-state index in [9.17, 15) is 4.79 Å². The molecule has 1 rings (SSSR count). The van der Waals surface area contributed by atoms with Gasteiger partial charge in [-0.05, 0) is 11.6 Å². The van der Waals surface area contributed by atoms with Crippen LogP contribution in [0, 0.1) is 11.8 Å². The Morgan fingerprint density at radius 3 is 2.87 bits per heavy atom. The van der Waals surface area contributed by atoms with Gasteiger partial charge < -0.3 is 4.74 Å². The highest BCUT2D eigenvalue weighted by atomic mass is 32.1. The smallest absolute Gasteiger partial charge is 0.310 e. The summed E-state index contributed by atoms with van der Waals surface area (Å²) in [6.45, 7) is 0. The summed E-state index contributed by atoms with van der Waals surface area (Å²) < 4.78 is 4.61. The highest BCUT2D eigenvalue weighted by molar-refractivity contribution is 7.80. The minimum absolute atomic E-state index is 0.255. The van der Waals surface area contributed by atoms with Gasteiger partial charge >= 0.3 is 5.97 Å². The highest BCUT2D eigenvalue weighted by Crippen LogP contribution is 2.08. The quantitative estimate of drug-likeness (QED) is 0.466. The second-order valence-corrected chi connectivity index (χ2v) is 3.19. The van der Waals surface area contributed by atoms with Gasteiger partial charge in [0.1, 0.15) is 0 Å². The Morgan fingerprint density at radius 2 is 2.20 bits per heavy atom. The van der Waals surface area contributed by atoms with Crippen molar-refractivity contribution < 1.29 is 9.53 Å². The van der Waals surface area contributed by atoms with Gasteiger partial charge in [-0.1, -0.05) is 30.0 Å². The van der Waals surface area contributed by atoms with E-state index < -0.39 is 0 Å². The van der Waals surface area contributed by atoms with Crippen LogP contribution in [0.3, 0.4) is 0 Å². The van der Waals surface area contributed by atoms with Crippen LogP contribution in [0.4, 0.5) is 0 Å². The topological polar surface area (TPSA) is 26.3 Å². The molecule has 0 amide bonds. The number of rotatable bonds is 2. The minimum atomic E-state index is -0.255. The van der Waals surface area contributed by atoms with E-state index in [2.05, 4.69) is 29.2 Å². The van der Waals surface area contributed by atoms with Gasteiger partial charge in [-0.3, -0.25) is 4.79 Å². The van der Waals surface area contributed by atoms with E-state index in [1.165, 1.54) is 7.11 Å². The molecule has 0 aromatic heterocycles. The maximum absolute atomic E-state index is 11.1. The van der Waals surface area contributed by atoms with Crippen molar-refractivity contribution in [2.75, 3.05) is 12.9 Å². The lowest BCUT2D eigenvalue weighted by molar-refractivity contribution is -0.139. The first kappa shape index (κ1) is 11.7. The normalized spacial score (nSPS) is 8.93. The number of esters is 1. The maximum Gasteiger partial charge on any atom is 0.310 e. The Kier molecular flexibility index (Phi) is 4.79. The second kappa shape index (κ2) is 6.15. The first-order valence-corrected chi connectivity index (χ1v) is 5.15. The molecule has 0 heterocycles. The number of methoxy groups -OCH3 is 1. The molecule has 15 heavy (non-hydrogen) atoms. The van der Waals surface area contributed by atoms with Crippen LogP contribution in [0.5, 0.6) is 0 Å². The van der Waals surface area contributed by atoms with Crippen molar-refractivity contribution in [1.29, 1.82) is 0 Å². The van der Waals surface area contributed by atoms with Gasteiger partial charge in [-0.15, -0.1) is 0 Å². The summed E-state index contributed by atoms with van der Waals surface area (Å²) in [6.07, 6.45) is 0.258. The molecule has 0 unspecified atom stereocenters. The summed E-state index contributed by atoms with van der Waals surface area (Å²) in [7, 11) is 1.38. The molecule has 0 radical (unpaired) electrons. The Morgan fingerprint density at radius 1 is 1.47 bits per heavy atom. The molecule has 1 aromatic carbocycles. The van der Waals surface area contributed by atoms with Crippen molar-refractivity contribution in [3.63, 3.8) is 0 Å². The Labute approximate surface area is 95.1 Å². The van der Waals surface area contributed by atoms with Crippen molar-refractivity contribution in [2.24, 2.45) is 0 Å². The van der Waals surface area contributed by atoms with Gasteiger partial charge in [0.25, 0.3) is 0 Å². The van der Waals surface area contributed by atoms with Crippen LogP contribution < -0.4 is 0 Å². The predicted octanol–water partition coefficient (Wildman–Crippen LogP) is 1.68. The fourth-order valence-electron chi connectivity index (χ4n) is 1.16. The van der Waals surface area contributed by atoms with Crippen LogP contribution in [0.25, 0.3) is 0 Å². The van der Waals surface area contributed by atoms with Crippen molar-refractivity contribution >= 4 is 18.6 Å². The number of thiol groups is 1. The zero-order chi connectivity index (χ0) is 11.1. The summed E-state index contributed by atoms with van der Waals surface area (Å²) >= 11 is 4.01. The summed E-state index contributed by atoms with van der Waals surface area (Å²) in [5.41, 5.74) is 1.75. The molecule has 0 spiro atoms. The van der Waals surface area contributed by atoms with Crippen LogP contribution in [-0.2, 0) is 16.0 Å². The third-order valence-electron chi connectivity index (χ3n) is 1.88. The zero-order valence-electron chi connectivity index (χ0n) is 8.49. The average molecular weight is 220 g/mol. The Bertz CT molecular complexity index is 402. The van der Waals surface area contributed by atoms with Crippen molar-refractivity contribution in [2.45, 2.75) is 6.42 Å². The fourth-order valence-corrected chi connectivity index (χ4v) is 1.24. The molecule has 0 aliphatic heterocycles. The summed E-state index contributed by atoms with van der Waals surface area (Å²) in [5.74, 6) is 6.07. The van der Waals surface area contributed by atoms with Gasteiger partial charge in [0, 0.05) is 5.56 Å². The SMILES string of the molecule is COC(=O)Cc1ccccc1C#CCS. The second-order valence-electron chi connectivity index (χ2n) is 2.87. The maximum atomic E-state index is 11.1. The minimum Gasteiger partial charge on any atom is -0.469 e. The van der Waals surface area contributed by atoms with Gasteiger partial charge in [0.2, 0.25) is 0 Å². The number of hydrogen-bond donors (Lipinski definition) is 1. The molecule has 1 aromatic rings. The molecule has 2 nitrogen and oxygen atoms in total. The van der Waals surface area contributed by atoms with Crippen molar-refractivity contribution in [1.82, 2.24) is 0 Å². The molecule has 78 valence electrons. The first-order valence-electron chi connectivity index (χ1n) is 4.52. The summed E-state index contributed by atoms with van der Waals surface area (Å²) in [6, 6.07) is 7.53. The van der Waals surface area contributed by atoms with Crippen LogP contribution in [0.2, 0.25) is 0 Å². The summed E-state index contributed by atoms with van der Waals surface area (Å²) in [5, 5.41) is 0. The van der Waals surface area contributed by atoms with E-state index in [4.69, 9.17) is 0 Å². The molecular weight excluding hydrogens is 208 g/mol. The van der Waals surface area contributed by atoms with Gasteiger partial charge in [0.05, 0.1) is 19.3 Å². The monoisotopic (exact) mass is 220 g/mol. The molecule has 0 N–H and O–H groups in total. The predicted molar refractivity (Wildman–Crippen MR) is 62.9 cm³/mol. The molecule has 0 bridgehead atoms. The molecule has 0 atom stereocenters. The van der Waals surface area contributed by atoms with Crippen LogP contribution >= 0.6 is 12.6 Å². The van der Waals surface area contributed by atoms with E-state index >= 15 is 0 Å². The van der Waals surface area contributed by atoms with Crippen molar-refractivity contribution in [3.05, 3.63) is 35.4 Å². The molecule has 0 aliphatic carbocycles. The Balaban J connectivity index is 2.91. The standard InChI is InChI=1S/C12H12O2S/c1-14-12(13)9-11-6-3-2-5-10(11)7-4-8-15/h2-3,5-6,15H,8-9H2,1H3. The van der Waals surface area contributed by atoms with Crippen LogP contribution in [-0.4, -0.2) is 18.8 Å². The largest absolute Gasteiger partial charge is 0.469 e. The molecule has 0 aliphatic rings. The number of hydrogen-bond acceptors (Lipinski definition) is 3. The lowest BCUT2D eigenvalue weighted by Gasteiger charge is -2.02. The third-order valence-corrected chi connectivity index (χ3v) is 2.04. The lowest BCUT2D eigenvalue weighted by atomic mass is 10.1. The number of ether oxygens (including phenoxy) is 1. The lowest BCUT2D eigenvalue weighted by Crippen LogP contribution is -2.05. The van der Waals surface area contributed by atoms with E-state index in [0.29, 0.717) is 5.75 Å². The molecule has 0 saturated carbocycles.